The molecular formula is C6H13NO. The van der Waals surface area contributed by atoms with Crippen LogP contribution in [0.4, 0.5) is 0 Å². The maximum Gasteiger partial charge on any atom is 0.0756 e. The molecule has 2 heteroatoms. The van der Waals surface area contributed by atoms with Crippen molar-refractivity contribution in [2.75, 3.05) is 6.54 Å². The van der Waals surface area contributed by atoms with E-state index in [1.807, 2.05) is 0 Å². The van der Waals surface area contributed by atoms with Crippen molar-refractivity contribution < 1.29 is 5.11 Å². The number of rotatable bonds is 3. The molecule has 0 spiro atoms. The lowest BCUT2D eigenvalue weighted by Crippen LogP contribution is -2.13. The van der Waals surface area contributed by atoms with E-state index in [1.54, 1.807) is 6.92 Å². The summed E-state index contributed by atoms with van der Waals surface area (Å²) in [6.45, 7) is 5.88. The van der Waals surface area contributed by atoms with Crippen molar-refractivity contribution in [2.24, 2.45) is 5.73 Å². The van der Waals surface area contributed by atoms with Crippen LogP contribution in [0.25, 0.3) is 0 Å². The van der Waals surface area contributed by atoms with E-state index in [1.165, 1.54) is 0 Å². The smallest absolute Gasteiger partial charge is 0.0756 e. The van der Waals surface area contributed by atoms with Crippen molar-refractivity contribution in [2.45, 2.75) is 19.4 Å². The highest BCUT2D eigenvalue weighted by Crippen LogP contribution is 1.99. The molecule has 48 valence electrons. The van der Waals surface area contributed by atoms with Gasteiger partial charge in [0, 0.05) is 0 Å². The SMILES string of the molecule is C=C(C)[C@@H](O)CCN. The second-order valence-electron chi connectivity index (χ2n) is 1.94. The van der Waals surface area contributed by atoms with E-state index in [0.717, 1.165) is 5.57 Å². The van der Waals surface area contributed by atoms with Crippen LogP contribution in [0.3, 0.4) is 0 Å². The van der Waals surface area contributed by atoms with Gasteiger partial charge in [0.2, 0.25) is 0 Å². The van der Waals surface area contributed by atoms with Crippen LogP contribution < -0.4 is 5.73 Å². The molecule has 3 N–H and O–H groups in total. The molecule has 0 amide bonds. The summed E-state index contributed by atoms with van der Waals surface area (Å²) in [7, 11) is 0. The Morgan fingerprint density at radius 1 is 1.88 bits per heavy atom. The molecule has 0 aliphatic rings. The van der Waals surface area contributed by atoms with Crippen LogP contribution >= 0.6 is 0 Å². The molecule has 0 bridgehead atoms. The fraction of sp³-hybridized carbons (Fsp3) is 0.667. The minimum absolute atomic E-state index is 0.403. The Morgan fingerprint density at radius 2 is 2.38 bits per heavy atom. The van der Waals surface area contributed by atoms with E-state index in [-0.39, 0.29) is 0 Å². The average molecular weight is 115 g/mol. The van der Waals surface area contributed by atoms with Crippen molar-refractivity contribution >= 4 is 0 Å². The monoisotopic (exact) mass is 115 g/mol. The topological polar surface area (TPSA) is 46.2 Å². The summed E-state index contributed by atoms with van der Waals surface area (Å²) in [6, 6.07) is 0. The van der Waals surface area contributed by atoms with Gasteiger partial charge in [0.25, 0.3) is 0 Å². The third-order valence-corrected chi connectivity index (χ3v) is 1.01. The second-order valence-corrected chi connectivity index (χ2v) is 1.94. The minimum atomic E-state index is -0.403. The van der Waals surface area contributed by atoms with Gasteiger partial charge in [0.15, 0.2) is 0 Å². The predicted octanol–water partition coefficient (Wildman–Crippen LogP) is 0.272. The zero-order valence-corrected chi connectivity index (χ0v) is 5.22. The molecule has 8 heavy (non-hydrogen) atoms. The molecule has 0 radical (unpaired) electrons. The highest BCUT2D eigenvalue weighted by molar-refractivity contribution is 4.96. The summed E-state index contributed by atoms with van der Waals surface area (Å²) in [5.41, 5.74) is 5.95. The van der Waals surface area contributed by atoms with E-state index in [4.69, 9.17) is 10.8 Å². The normalized spacial score (nSPS) is 13.4. The highest BCUT2D eigenvalue weighted by atomic mass is 16.3. The first kappa shape index (κ1) is 7.66. The Morgan fingerprint density at radius 3 is 2.50 bits per heavy atom. The van der Waals surface area contributed by atoms with Gasteiger partial charge in [-0.15, -0.1) is 0 Å². The second kappa shape index (κ2) is 3.64. The van der Waals surface area contributed by atoms with Crippen molar-refractivity contribution in [1.82, 2.24) is 0 Å². The summed E-state index contributed by atoms with van der Waals surface area (Å²) in [5.74, 6) is 0. The van der Waals surface area contributed by atoms with E-state index >= 15 is 0 Å². The lowest BCUT2D eigenvalue weighted by atomic mass is 10.1. The number of aliphatic hydroxyl groups is 1. The van der Waals surface area contributed by atoms with Gasteiger partial charge in [-0.3, -0.25) is 0 Å². The zero-order chi connectivity index (χ0) is 6.57. The number of hydrogen-bond donors (Lipinski definition) is 2. The summed E-state index contributed by atoms with van der Waals surface area (Å²) in [5, 5.41) is 8.95. The minimum Gasteiger partial charge on any atom is -0.389 e. The van der Waals surface area contributed by atoms with Crippen LogP contribution in [-0.4, -0.2) is 17.8 Å². The summed E-state index contributed by atoms with van der Waals surface area (Å²) in [6.07, 6.45) is 0.218. The fourth-order valence-electron chi connectivity index (χ4n) is 0.404. The largest absolute Gasteiger partial charge is 0.389 e. The zero-order valence-electron chi connectivity index (χ0n) is 5.22. The first-order valence-electron chi connectivity index (χ1n) is 2.72. The Bertz CT molecular complexity index is 80.6. The molecule has 0 aliphatic carbocycles. The third-order valence-electron chi connectivity index (χ3n) is 1.01. The maximum absolute atomic E-state index is 8.95. The van der Waals surface area contributed by atoms with E-state index < -0.39 is 6.10 Å². The molecule has 1 atom stereocenters. The van der Waals surface area contributed by atoms with Crippen LogP contribution in [0.2, 0.25) is 0 Å². The highest BCUT2D eigenvalue weighted by Gasteiger charge is 1.99. The summed E-state index contributed by atoms with van der Waals surface area (Å²) < 4.78 is 0. The molecule has 0 aromatic carbocycles. The van der Waals surface area contributed by atoms with E-state index in [0.29, 0.717) is 13.0 Å². The van der Waals surface area contributed by atoms with Crippen molar-refractivity contribution in [3.63, 3.8) is 0 Å². The first-order valence-corrected chi connectivity index (χ1v) is 2.72. The molecule has 0 saturated carbocycles. The number of hydrogen-bond acceptors (Lipinski definition) is 2. The van der Waals surface area contributed by atoms with Gasteiger partial charge in [0.05, 0.1) is 6.10 Å². The molecule has 2 nitrogen and oxygen atoms in total. The van der Waals surface area contributed by atoms with Gasteiger partial charge >= 0.3 is 0 Å². The van der Waals surface area contributed by atoms with Crippen LogP contribution in [-0.2, 0) is 0 Å². The van der Waals surface area contributed by atoms with E-state index in [2.05, 4.69) is 6.58 Å². The summed E-state index contributed by atoms with van der Waals surface area (Å²) in [4.78, 5) is 0. The molecular weight excluding hydrogens is 102 g/mol. The third kappa shape index (κ3) is 2.77. The van der Waals surface area contributed by atoms with Crippen molar-refractivity contribution in [1.29, 1.82) is 0 Å². The molecule has 0 rings (SSSR count). The van der Waals surface area contributed by atoms with Crippen LogP contribution in [0.1, 0.15) is 13.3 Å². The van der Waals surface area contributed by atoms with Crippen LogP contribution in [0.15, 0.2) is 12.2 Å². The average Bonchev–Trinajstić information content (AvgIpc) is 1.67. The molecule has 0 heterocycles. The molecule has 0 aromatic heterocycles. The standard InChI is InChI=1S/C6H13NO/c1-5(2)6(8)3-4-7/h6,8H,1,3-4,7H2,2H3/t6-/m0/s1. The lowest BCUT2D eigenvalue weighted by Gasteiger charge is -2.05. The fourth-order valence-corrected chi connectivity index (χ4v) is 0.404. The van der Waals surface area contributed by atoms with Gasteiger partial charge in [-0.05, 0) is 19.9 Å². The quantitative estimate of drug-likeness (QED) is 0.519. The van der Waals surface area contributed by atoms with Crippen molar-refractivity contribution in [3.8, 4) is 0 Å². The van der Waals surface area contributed by atoms with E-state index in [9.17, 15) is 0 Å². The van der Waals surface area contributed by atoms with Gasteiger partial charge in [-0.2, -0.15) is 0 Å². The predicted molar refractivity (Wildman–Crippen MR) is 34.5 cm³/mol. The van der Waals surface area contributed by atoms with Crippen molar-refractivity contribution in [3.05, 3.63) is 12.2 Å². The van der Waals surface area contributed by atoms with Gasteiger partial charge in [0.1, 0.15) is 0 Å². The number of nitrogens with two attached hydrogens (primary N) is 1. The Labute approximate surface area is 50.0 Å². The lowest BCUT2D eigenvalue weighted by molar-refractivity contribution is 0.203. The maximum atomic E-state index is 8.95. The van der Waals surface area contributed by atoms with Crippen LogP contribution in [0, 0.1) is 0 Å². The summed E-state index contributed by atoms with van der Waals surface area (Å²) >= 11 is 0. The Balaban J connectivity index is 3.32. The van der Waals surface area contributed by atoms with Gasteiger partial charge < -0.3 is 10.8 Å². The first-order chi connectivity index (χ1) is 3.68. The van der Waals surface area contributed by atoms with Gasteiger partial charge in [-0.1, -0.05) is 12.2 Å². The molecule has 0 fully saturated rings. The molecule has 0 aliphatic heterocycles. The number of aliphatic hydroxyl groups excluding tert-OH is 1. The molecule has 0 aromatic rings. The van der Waals surface area contributed by atoms with Crippen LogP contribution in [0.5, 0.6) is 0 Å². The molecule has 0 unspecified atom stereocenters. The van der Waals surface area contributed by atoms with Gasteiger partial charge in [-0.25, -0.2) is 0 Å². The Hall–Kier alpha value is -0.340. The Kier molecular flexibility index (Phi) is 3.48. The molecule has 0 saturated heterocycles.